The van der Waals surface area contributed by atoms with Gasteiger partial charge < -0.3 is 20.3 Å². The summed E-state index contributed by atoms with van der Waals surface area (Å²) in [5, 5.41) is 11.7. The number of aromatic nitrogens is 4. The predicted molar refractivity (Wildman–Crippen MR) is 153 cm³/mol. The van der Waals surface area contributed by atoms with Gasteiger partial charge in [-0.05, 0) is 38.1 Å². The first-order valence-electron chi connectivity index (χ1n) is 13.3. The van der Waals surface area contributed by atoms with Gasteiger partial charge in [0.1, 0.15) is 11.6 Å². The van der Waals surface area contributed by atoms with E-state index in [1.807, 2.05) is 6.07 Å². The van der Waals surface area contributed by atoms with Gasteiger partial charge in [0, 0.05) is 66.8 Å². The quantitative estimate of drug-likeness (QED) is 0.351. The molecule has 2 N–H and O–H groups in total. The Labute approximate surface area is 236 Å². The number of anilines is 2. The first-order chi connectivity index (χ1) is 19.4. The number of nitrogens with zero attached hydrogens (tertiary/aromatic N) is 6. The van der Waals surface area contributed by atoms with Crippen LogP contribution in [-0.2, 0) is 17.1 Å². The maximum atomic E-state index is 14.7. The maximum Gasteiger partial charge on any atom is 0.317 e. The van der Waals surface area contributed by atoms with E-state index < -0.39 is 27.9 Å². The third-order valence-electron chi connectivity index (χ3n) is 7.34. The Bertz CT molecular complexity index is 1760. The second-order valence-corrected chi connectivity index (χ2v) is 12.9. The Kier molecular flexibility index (Phi) is 6.78. The van der Waals surface area contributed by atoms with E-state index >= 15 is 0 Å². The molecule has 14 heteroatoms. The van der Waals surface area contributed by atoms with E-state index in [9.17, 15) is 17.6 Å². The molecule has 4 aromatic rings. The number of benzene rings is 2. The van der Waals surface area contributed by atoms with E-state index in [4.69, 9.17) is 4.74 Å². The number of hydrogen-bond donors (Lipinski definition) is 2. The van der Waals surface area contributed by atoms with Gasteiger partial charge in [0.15, 0.2) is 5.82 Å². The minimum atomic E-state index is -3.30. The Morgan fingerprint density at radius 1 is 1.12 bits per heavy atom. The molecular weight excluding hydrogens is 551 g/mol. The number of halogens is 1. The molecule has 0 aliphatic carbocycles. The van der Waals surface area contributed by atoms with Crippen molar-refractivity contribution in [2.45, 2.75) is 32.0 Å². The van der Waals surface area contributed by atoms with Crippen LogP contribution in [0.4, 0.5) is 15.8 Å². The van der Waals surface area contributed by atoms with E-state index in [1.165, 1.54) is 15.1 Å². The molecule has 0 unspecified atom stereocenters. The number of sulfonamides is 1. The number of nitrogens with one attached hydrogen (secondary N) is 2. The van der Waals surface area contributed by atoms with Crippen LogP contribution in [0.25, 0.3) is 21.8 Å². The van der Waals surface area contributed by atoms with Crippen molar-refractivity contribution in [1.29, 1.82) is 0 Å². The molecule has 2 aromatic carbocycles. The lowest BCUT2D eigenvalue weighted by atomic mass is 10.0. The van der Waals surface area contributed by atoms with Crippen LogP contribution in [0.3, 0.4) is 0 Å². The van der Waals surface area contributed by atoms with Crippen molar-refractivity contribution in [2.24, 2.45) is 7.05 Å². The van der Waals surface area contributed by atoms with E-state index in [-0.39, 0.29) is 48.0 Å². The summed E-state index contributed by atoms with van der Waals surface area (Å²) in [7, 11) is -1.60. The molecular formula is C27H31FN8O4S. The van der Waals surface area contributed by atoms with Crippen molar-refractivity contribution in [3.05, 3.63) is 48.0 Å². The predicted octanol–water partition coefficient (Wildman–Crippen LogP) is 2.12. The summed E-state index contributed by atoms with van der Waals surface area (Å²) in [5.41, 5.74) is 2.05. The minimum absolute atomic E-state index is 0.0479. The summed E-state index contributed by atoms with van der Waals surface area (Å²) in [6.45, 7) is 6.16. The van der Waals surface area contributed by atoms with Crippen LogP contribution in [0.1, 0.15) is 24.2 Å². The van der Waals surface area contributed by atoms with Crippen molar-refractivity contribution in [3.8, 4) is 6.01 Å². The molecule has 2 aliphatic rings. The van der Waals surface area contributed by atoms with Gasteiger partial charge >= 0.3 is 6.01 Å². The highest BCUT2D eigenvalue weighted by molar-refractivity contribution is 7.88. The van der Waals surface area contributed by atoms with E-state index in [0.29, 0.717) is 16.3 Å². The van der Waals surface area contributed by atoms with Crippen molar-refractivity contribution < 1.29 is 22.3 Å². The van der Waals surface area contributed by atoms with Gasteiger partial charge in [-0.2, -0.15) is 14.4 Å². The summed E-state index contributed by atoms with van der Waals surface area (Å²) < 4.78 is 46.9. The average molecular weight is 583 g/mol. The van der Waals surface area contributed by atoms with Crippen molar-refractivity contribution in [2.75, 3.05) is 42.7 Å². The zero-order valence-electron chi connectivity index (χ0n) is 23.1. The van der Waals surface area contributed by atoms with Gasteiger partial charge in [-0.3, -0.25) is 9.48 Å². The number of rotatable bonds is 6. The summed E-state index contributed by atoms with van der Waals surface area (Å²) in [5.74, 6) is -1.01. The lowest BCUT2D eigenvalue weighted by molar-refractivity contribution is 0.0684. The molecule has 1 amide bonds. The first kappa shape index (κ1) is 27.3. The highest BCUT2D eigenvalue weighted by Crippen LogP contribution is 2.32. The fourth-order valence-corrected chi connectivity index (χ4v) is 6.38. The second-order valence-electron chi connectivity index (χ2n) is 10.9. The van der Waals surface area contributed by atoms with Crippen molar-refractivity contribution in [3.63, 3.8) is 0 Å². The van der Waals surface area contributed by atoms with Crippen LogP contribution in [-0.4, -0.2) is 89.0 Å². The Balaban J connectivity index is 1.35. The molecule has 41 heavy (non-hydrogen) atoms. The van der Waals surface area contributed by atoms with Crippen molar-refractivity contribution in [1.82, 2.24) is 29.4 Å². The Morgan fingerprint density at radius 3 is 2.56 bits per heavy atom. The van der Waals surface area contributed by atoms with Crippen molar-refractivity contribution >= 4 is 49.1 Å². The van der Waals surface area contributed by atoms with Gasteiger partial charge in [-0.1, -0.05) is 0 Å². The van der Waals surface area contributed by atoms with Gasteiger partial charge in [0.05, 0.1) is 30.4 Å². The monoisotopic (exact) mass is 582 g/mol. The molecule has 12 nitrogen and oxygen atoms in total. The van der Waals surface area contributed by atoms with E-state index in [0.717, 1.165) is 25.0 Å². The minimum Gasteiger partial charge on any atom is -0.457 e. The molecule has 2 atom stereocenters. The number of ether oxygens (including phenoxy) is 1. The van der Waals surface area contributed by atoms with Crippen LogP contribution in [0.5, 0.6) is 6.01 Å². The van der Waals surface area contributed by atoms with Gasteiger partial charge in [0.2, 0.25) is 10.0 Å². The van der Waals surface area contributed by atoms with E-state index in [2.05, 4.69) is 44.4 Å². The molecule has 216 valence electrons. The molecule has 6 rings (SSSR count). The molecule has 2 aliphatic heterocycles. The SMILES string of the molecule is C[C@@H]1CN(c2ccc(C(=O)Nc3cc(F)c4nn(C)cc4c3)c3nc(OC4CN(S(C)(=O)=O)C4)ncc23)C[C@H](C)N1. The Hall–Kier alpha value is -3.88. The zero-order valence-corrected chi connectivity index (χ0v) is 23.9. The van der Waals surface area contributed by atoms with Gasteiger partial charge in [-0.15, -0.1) is 0 Å². The van der Waals surface area contributed by atoms with Crippen LogP contribution < -0.4 is 20.3 Å². The maximum absolute atomic E-state index is 14.7. The highest BCUT2D eigenvalue weighted by atomic mass is 32.2. The molecule has 0 saturated carbocycles. The molecule has 4 heterocycles. The molecule has 2 saturated heterocycles. The fourth-order valence-electron chi connectivity index (χ4n) is 5.51. The fraction of sp³-hybridized carbons (Fsp3) is 0.407. The van der Waals surface area contributed by atoms with E-state index in [1.54, 1.807) is 31.6 Å². The largest absolute Gasteiger partial charge is 0.457 e. The lowest BCUT2D eigenvalue weighted by Crippen LogP contribution is -2.55. The first-order valence-corrected chi connectivity index (χ1v) is 15.2. The van der Waals surface area contributed by atoms with Crippen LogP contribution in [0.2, 0.25) is 0 Å². The summed E-state index contributed by atoms with van der Waals surface area (Å²) in [4.78, 5) is 24.8. The molecule has 0 spiro atoms. The number of aryl methyl sites for hydroxylation is 1. The third-order valence-corrected chi connectivity index (χ3v) is 8.57. The topological polar surface area (TPSA) is 135 Å². The Morgan fingerprint density at radius 2 is 1.85 bits per heavy atom. The third kappa shape index (κ3) is 5.42. The number of hydrogen-bond acceptors (Lipinski definition) is 9. The standard InChI is InChI=1S/C27H31FN8O4S/c1-15-10-35(11-16(2)30-15)23-6-5-20(26(37)31-18-7-17-12-34(3)33-24(17)22(28)8-18)25-21(23)9-29-27(32-25)40-19-13-36(14-19)41(4,38)39/h5-9,12,15-16,19,30H,10-11,13-14H2,1-4H3,(H,31,37)/t15-,16+. The molecule has 0 bridgehead atoms. The van der Waals surface area contributed by atoms with Gasteiger partial charge in [0.25, 0.3) is 5.91 Å². The van der Waals surface area contributed by atoms with Crippen LogP contribution >= 0.6 is 0 Å². The number of piperazine rings is 1. The van der Waals surface area contributed by atoms with Gasteiger partial charge in [-0.25, -0.2) is 17.8 Å². The molecule has 2 fully saturated rings. The number of amides is 1. The lowest BCUT2D eigenvalue weighted by Gasteiger charge is -2.38. The number of carbonyl (C=O) groups excluding carboxylic acids is 1. The normalized spacial score (nSPS) is 20.4. The van der Waals surface area contributed by atoms with Crippen LogP contribution in [0.15, 0.2) is 36.7 Å². The smallest absolute Gasteiger partial charge is 0.317 e. The number of carbonyl (C=O) groups is 1. The summed E-state index contributed by atoms with van der Waals surface area (Å²) in [6, 6.07) is 7.05. The highest BCUT2D eigenvalue weighted by Gasteiger charge is 2.35. The second kappa shape index (κ2) is 10.2. The summed E-state index contributed by atoms with van der Waals surface area (Å²) in [6.07, 6.45) is 4.07. The molecule has 0 radical (unpaired) electrons. The number of fused-ring (bicyclic) bond motifs is 2. The summed E-state index contributed by atoms with van der Waals surface area (Å²) >= 11 is 0. The van der Waals surface area contributed by atoms with Crippen LogP contribution in [0, 0.1) is 5.82 Å². The molecule has 2 aromatic heterocycles. The zero-order chi connectivity index (χ0) is 29.1. The average Bonchev–Trinajstić information content (AvgIpc) is 3.24.